The lowest BCUT2D eigenvalue weighted by Gasteiger charge is -2.14. The number of hydrogen-bond donors (Lipinski definition) is 3. The number of carbonyl (C=O) groups is 3. The van der Waals surface area contributed by atoms with Gasteiger partial charge in [-0.25, -0.2) is 4.39 Å². The van der Waals surface area contributed by atoms with Gasteiger partial charge in [0.15, 0.2) is 6.61 Å². The fourth-order valence-electron chi connectivity index (χ4n) is 2.02. The number of amides is 3. The molecular formula is C20H20FN3O4. The summed E-state index contributed by atoms with van der Waals surface area (Å²) in [6.45, 7) is 1.11. The SMILES string of the molecule is C[C@H](NC(=O)/C=C/c1ccccc1)C(=O)NNC(=O)COc1ccc(F)cc1. The molecular weight excluding hydrogens is 365 g/mol. The number of carbonyl (C=O) groups excluding carboxylic acids is 3. The Morgan fingerprint density at radius 1 is 1.04 bits per heavy atom. The summed E-state index contributed by atoms with van der Waals surface area (Å²) in [4.78, 5) is 35.4. The summed E-state index contributed by atoms with van der Waals surface area (Å²) in [5, 5.41) is 2.48. The third-order valence-corrected chi connectivity index (χ3v) is 3.49. The Balaban J connectivity index is 1.69. The number of benzene rings is 2. The molecule has 0 unspecified atom stereocenters. The Labute approximate surface area is 161 Å². The minimum Gasteiger partial charge on any atom is -0.484 e. The summed E-state index contributed by atoms with van der Waals surface area (Å²) >= 11 is 0. The van der Waals surface area contributed by atoms with E-state index in [0.717, 1.165) is 5.56 Å². The fourth-order valence-corrected chi connectivity index (χ4v) is 2.02. The highest BCUT2D eigenvalue weighted by atomic mass is 19.1. The highest BCUT2D eigenvalue weighted by Gasteiger charge is 2.15. The fraction of sp³-hybridized carbons (Fsp3) is 0.150. The van der Waals surface area contributed by atoms with E-state index >= 15 is 0 Å². The molecule has 8 heteroatoms. The molecule has 28 heavy (non-hydrogen) atoms. The first-order chi connectivity index (χ1) is 13.4. The highest BCUT2D eigenvalue weighted by Crippen LogP contribution is 2.10. The first-order valence-electron chi connectivity index (χ1n) is 8.45. The lowest BCUT2D eigenvalue weighted by Crippen LogP contribution is -2.51. The predicted molar refractivity (Wildman–Crippen MR) is 101 cm³/mol. The molecule has 0 aromatic heterocycles. The van der Waals surface area contributed by atoms with Gasteiger partial charge in [-0.05, 0) is 42.8 Å². The van der Waals surface area contributed by atoms with Crippen molar-refractivity contribution in [1.29, 1.82) is 0 Å². The number of hydrazine groups is 1. The molecule has 7 nitrogen and oxygen atoms in total. The number of hydrogen-bond acceptors (Lipinski definition) is 4. The normalized spacial score (nSPS) is 11.5. The lowest BCUT2D eigenvalue weighted by atomic mass is 10.2. The van der Waals surface area contributed by atoms with Crippen LogP contribution in [0.25, 0.3) is 6.08 Å². The van der Waals surface area contributed by atoms with Crippen molar-refractivity contribution in [1.82, 2.24) is 16.2 Å². The zero-order valence-electron chi connectivity index (χ0n) is 15.1. The van der Waals surface area contributed by atoms with Crippen molar-refractivity contribution in [2.75, 3.05) is 6.61 Å². The van der Waals surface area contributed by atoms with E-state index in [0.29, 0.717) is 5.75 Å². The number of halogens is 1. The number of ether oxygens (including phenoxy) is 1. The monoisotopic (exact) mass is 385 g/mol. The maximum Gasteiger partial charge on any atom is 0.276 e. The largest absolute Gasteiger partial charge is 0.484 e. The van der Waals surface area contributed by atoms with Gasteiger partial charge in [-0.1, -0.05) is 30.3 Å². The first kappa shape index (κ1) is 20.6. The molecule has 3 N–H and O–H groups in total. The second kappa shape index (κ2) is 10.5. The zero-order valence-corrected chi connectivity index (χ0v) is 15.1. The Morgan fingerprint density at radius 2 is 1.71 bits per heavy atom. The molecule has 0 saturated heterocycles. The van der Waals surface area contributed by atoms with Crippen molar-refractivity contribution in [3.8, 4) is 5.75 Å². The third kappa shape index (κ3) is 7.28. The van der Waals surface area contributed by atoms with Crippen LogP contribution in [0.15, 0.2) is 60.7 Å². The van der Waals surface area contributed by atoms with E-state index in [4.69, 9.17) is 4.74 Å². The molecule has 2 rings (SSSR count). The van der Waals surface area contributed by atoms with Crippen LogP contribution >= 0.6 is 0 Å². The van der Waals surface area contributed by atoms with E-state index in [1.165, 1.54) is 37.3 Å². The summed E-state index contributed by atoms with van der Waals surface area (Å²) in [6.07, 6.45) is 2.93. The minimum absolute atomic E-state index is 0.314. The average molecular weight is 385 g/mol. The molecule has 0 spiro atoms. The lowest BCUT2D eigenvalue weighted by molar-refractivity contribution is -0.131. The van der Waals surface area contributed by atoms with E-state index < -0.39 is 29.6 Å². The molecule has 0 fully saturated rings. The molecule has 2 aromatic carbocycles. The smallest absolute Gasteiger partial charge is 0.276 e. The van der Waals surface area contributed by atoms with Crippen molar-refractivity contribution in [2.24, 2.45) is 0 Å². The van der Waals surface area contributed by atoms with E-state index in [9.17, 15) is 18.8 Å². The zero-order chi connectivity index (χ0) is 20.4. The molecule has 0 saturated carbocycles. The van der Waals surface area contributed by atoms with Crippen LogP contribution in [0, 0.1) is 5.82 Å². The van der Waals surface area contributed by atoms with Gasteiger partial charge in [0.05, 0.1) is 0 Å². The molecule has 1 atom stereocenters. The summed E-state index contributed by atoms with van der Waals surface area (Å²) < 4.78 is 17.9. The van der Waals surface area contributed by atoms with E-state index in [1.807, 2.05) is 30.3 Å². The Bertz CT molecular complexity index is 838. The second-order valence-electron chi connectivity index (χ2n) is 5.75. The van der Waals surface area contributed by atoms with Gasteiger partial charge < -0.3 is 10.1 Å². The summed E-state index contributed by atoms with van der Waals surface area (Å²) in [5.74, 6) is -1.76. The van der Waals surface area contributed by atoms with Crippen molar-refractivity contribution in [3.63, 3.8) is 0 Å². The van der Waals surface area contributed by atoms with Crippen LogP contribution in [0.5, 0.6) is 5.75 Å². The number of rotatable bonds is 7. The van der Waals surface area contributed by atoms with Crippen molar-refractivity contribution < 1.29 is 23.5 Å². The van der Waals surface area contributed by atoms with Crippen molar-refractivity contribution in [3.05, 3.63) is 72.1 Å². The van der Waals surface area contributed by atoms with Crippen LogP contribution in [-0.2, 0) is 14.4 Å². The van der Waals surface area contributed by atoms with Crippen molar-refractivity contribution in [2.45, 2.75) is 13.0 Å². The summed E-state index contributed by atoms with van der Waals surface area (Å²) in [7, 11) is 0. The van der Waals surface area contributed by atoms with Gasteiger partial charge in [0.25, 0.3) is 11.8 Å². The van der Waals surface area contributed by atoms with Gasteiger partial charge in [0, 0.05) is 6.08 Å². The maximum atomic E-state index is 12.8. The quantitative estimate of drug-likeness (QED) is 0.498. The molecule has 146 valence electrons. The Kier molecular flexibility index (Phi) is 7.71. The average Bonchev–Trinajstić information content (AvgIpc) is 2.70. The predicted octanol–water partition coefficient (Wildman–Crippen LogP) is 1.57. The van der Waals surface area contributed by atoms with Gasteiger partial charge in [0.2, 0.25) is 5.91 Å². The molecule has 3 amide bonds. The Hall–Kier alpha value is -3.68. The van der Waals surface area contributed by atoms with Crippen molar-refractivity contribution >= 4 is 23.8 Å². The molecule has 0 heterocycles. The standard InChI is InChI=1S/C20H20FN3O4/c1-14(22-18(25)12-7-15-5-3-2-4-6-15)20(27)24-23-19(26)13-28-17-10-8-16(21)9-11-17/h2-12,14H,13H2,1H3,(H,22,25)(H,23,26)(H,24,27)/b12-7+/t14-/m0/s1. The summed E-state index contributed by atoms with van der Waals surface area (Å²) in [6, 6.07) is 13.5. The second-order valence-corrected chi connectivity index (χ2v) is 5.75. The number of nitrogens with one attached hydrogen (secondary N) is 3. The van der Waals surface area contributed by atoms with E-state index in [-0.39, 0.29) is 6.61 Å². The molecule has 2 aromatic rings. The molecule has 0 aliphatic rings. The van der Waals surface area contributed by atoms with Crippen LogP contribution in [0.1, 0.15) is 12.5 Å². The van der Waals surface area contributed by atoms with Crippen LogP contribution in [0.3, 0.4) is 0 Å². The van der Waals surface area contributed by atoms with Crippen LogP contribution in [0.2, 0.25) is 0 Å². The molecule has 0 aliphatic carbocycles. The molecule has 0 bridgehead atoms. The van der Waals surface area contributed by atoms with Gasteiger partial charge in [-0.3, -0.25) is 25.2 Å². The van der Waals surface area contributed by atoms with Crippen LogP contribution < -0.4 is 20.9 Å². The van der Waals surface area contributed by atoms with Gasteiger partial charge in [-0.2, -0.15) is 0 Å². The van der Waals surface area contributed by atoms with Gasteiger partial charge >= 0.3 is 0 Å². The highest BCUT2D eigenvalue weighted by molar-refractivity contribution is 5.95. The topological polar surface area (TPSA) is 96.5 Å². The molecule has 0 aliphatic heterocycles. The van der Waals surface area contributed by atoms with E-state index in [1.54, 1.807) is 6.08 Å². The van der Waals surface area contributed by atoms with Crippen LogP contribution in [0.4, 0.5) is 4.39 Å². The maximum absolute atomic E-state index is 12.8. The van der Waals surface area contributed by atoms with Gasteiger partial charge in [-0.15, -0.1) is 0 Å². The minimum atomic E-state index is -0.869. The first-order valence-corrected chi connectivity index (χ1v) is 8.45. The van der Waals surface area contributed by atoms with E-state index in [2.05, 4.69) is 16.2 Å². The molecule has 0 radical (unpaired) electrons. The summed E-state index contributed by atoms with van der Waals surface area (Å²) in [5.41, 5.74) is 5.21. The third-order valence-electron chi connectivity index (χ3n) is 3.49. The van der Waals surface area contributed by atoms with Gasteiger partial charge in [0.1, 0.15) is 17.6 Å². The van der Waals surface area contributed by atoms with Crippen LogP contribution in [-0.4, -0.2) is 30.4 Å². The Morgan fingerprint density at radius 3 is 2.39 bits per heavy atom.